The number of phenolic OH excluding ortho intramolecular Hbond substituents is 1. The first-order chi connectivity index (χ1) is 6.35. The largest absolute Gasteiger partial charge is 0.508 e. The van der Waals surface area contributed by atoms with E-state index in [4.69, 9.17) is 15.9 Å². The average molecular weight is 260 g/mol. The molecule has 0 bridgehead atoms. The molecule has 1 atom stereocenters. The van der Waals surface area contributed by atoms with Gasteiger partial charge in [0.05, 0.1) is 0 Å². The van der Waals surface area contributed by atoms with E-state index in [-0.39, 0.29) is 5.75 Å². The Balaban J connectivity index is 3.26. The molecule has 0 amide bonds. The number of aromatic hydroxyl groups is 1. The zero-order valence-corrected chi connectivity index (χ0v) is 9.08. The molecule has 0 heterocycles. The van der Waals surface area contributed by atoms with E-state index in [9.17, 15) is 4.79 Å². The lowest BCUT2D eigenvalue weighted by Crippen LogP contribution is -2.41. The summed E-state index contributed by atoms with van der Waals surface area (Å²) in [6.07, 6.45) is 0. The van der Waals surface area contributed by atoms with Crippen molar-refractivity contribution < 1.29 is 15.0 Å². The quantitative estimate of drug-likeness (QED) is 0.750. The van der Waals surface area contributed by atoms with Crippen molar-refractivity contribution in [2.45, 2.75) is 12.5 Å². The molecule has 0 aliphatic rings. The molecule has 1 unspecified atom stereocenters. The first-order valence-corrected chi connectivity index (χ1v) is 4.66. The zero-order valence-electron chi connectivity index (χ0n) is 7.49. The van der Waals surface area contributed by atoms with Gasteiger partial charge in [0, 0.05) is 4.47 Å². The van der Waals surface area contributed by atoms with Gasteiger partial charge in [0.2, 0.25) is 0 Å². The summed E-state index contributed by atoms with van der Waals surface area (Å²) >= 11 is 3.15. The lowest BCUT2D eigenvalue weighted by Gasteiger charge is -2.21. The van der Waals surface area contributed by atoms with Crippen molar-refractivity contribution in [2.75, 3.05) is 0 Å². The summed E-state index contributed by atoms with van der Waals surface area (Å²) in [6, 6.07) is 4.28. The molecule has 1 rings (SSSR count). The normalized spacial score (nSPS) is 14.8. The van der Waals surface area contributed by atoms with Crippen LogP contribution in [0.15, 0.2) is 22.7 Å². The van der Waals surface area contributed by atoms with Gasteiger partial charge < -0.3 is 15.9 Å². The summed E-state index contributed by atoms with van der Waals surface area (Å²) in [4.78, 5) is 10.9. The van der Waals surface area contributed by atoms with Gasteiger partial charge in [0.1, 0.15) is 11.3 Å². The molecule has 0 fully saturated rings. The highest BCUT2D eigenvalue weighted by atomic mass is 79.9. The molecule has 0 radical (unpaired) electrons. The minimum absolute atomic E-state index is 0.0572. The Bertz CT molecular complexity index is 376. The summed E-state index contributed by atoms with van der Waals surface area (Å²) in [5.74, 6) is -1.06. The van der Waals surface area contributed by atoms with Crippen molar-refractivity contribution >= 4 is 21.9 Å². The second-order valence-electron chi connectivity index (χ2n) is 3.17. The number of hydrogen-bond acceptors (Lipinski definition) is 3. The van der Waals surface area contributed by atoms with Crippen LogP contribution >= 0.6 is 15.9 Å². The van der Waals surface area contributed by atoms with E-state index in [0.717, 1.165) is 0 Å². The molecule has 76 valence electrons. The van der Waals surface area contributed by atoms with Crippen molar-refractivity contribution in [1.82, 2.24) is 0 Å². The van der Waals surface area contributed by atoms with Gasteiger partial charge in [-0.2, -0.15) is 0 Å². The van der Waals surface area contributed by atoms with Crippen LogP contribution < -0.4 is 5.73 Å². The molecule has 0 spiro atoms. The molecule has 4 nitrogen and oxygen atoms in total. The summed E-state index contributed by atoms with van der Waals surface area (Å²) in [5.41, 5.74) is 4.57. The SMILES string of the molecule is CC(N)(C(=O)O)c1ccc(O)cc1Br. The van der Waals surface area contributed by atoms with Crippen LogP contribution in [0.3, 0.4) is 0 Å². The Morgan fingerprint density at radius 3 is 2.57 bits per heavy atom. The topological polar surface area (TPSA) is 83.6 Å². The van der Waals surface area contributed by atoms with Crippen LogP contribution in [0.1, 0.15) is 12.5 Å². The van der Waals surface area contributed by atoms with Gasteiger partial charge >= 0.3 is 5.97 Å². The molecule has 0 aliphatic carbocycles. The lowest BCUT2D eigenvalue weighted by atomic mass is 9.93. The number of hydrogen-bond donors (Lipinski definition) is 3. The maximum atomic E-state index is 10.9. The number of carboxylic acids is 1. The van der Waals surface area contributed by atoms with E-state index >= 15 is 0 Å². The van der Waals surface area contributed by atoms with E-state index in [2.05, 4.69) is 15.9 Å². The number of halogens is 1. The molecule has 0 saturated carbocycles. The summed E-state index contributed by atoms with van der Waals surface area (Å²) in [6.45, 7) is 1.40. The van der Waals surface area contributed by atoms with E-state index in [1.807, 2.05) is 0 Å². The Kier molecular flexibility index (Phi) is 2.82. The number of benzene rings is 1. The minimum atomic E-state index is -1.47. The standard InChI is InChI=1S/C9H10BrNO3/c1-9(11,8(13)14)6-3-2-5(12)4-7(6)10/h2-4,12H,11H2,1H3,(H,13,14). The number of phenols is 1. The molecule has 14 heavy (non-hydrogen) atoms. The maximum Gasteiger partial charge on any atom is 0.328 e. The van der Waals surface area contributed by atoms with Gasteiger partial charge in [-0.15, -0.1) is 0 Å². The molecule has 4 N–H and O–H groups in total. The molecule has 5 heteroatoms. The van der Waals surface area contributed by atoms with Gasteiger partial charge in [-0.05, 0) is 24.6 Å². The Morgan fingerprint density at radius 2 is 2.14 bits per heavy atom. The first-order valence-electron chi connectivity index (χ1n) is 3.87. The van der Waals surface area contributed by atoms with Gasteiger partial charge in [-0.3, -0.25) is 0 Å². The fourth-order valence-electron chi connectivity index (χ4n) is 1.04. The molecule has 0 aliphatic heterocycles. The second kappa shape index (κ2) is 3.59. The summed E-state index contributed by atoms with van der Waals surface area (Å²) in [5, 5.41) is 18.0. The number of carbonyl (C=O) groups is 1. The van der Waals surface area contributed by atoms with Crippen LogP contribution in [0, 0.1) is 0 Å². The second-order valence-corrected chi connectivity index (χ2v) is 4.03. The van der Waals surface area contributed by atoms with Crippen LogP contribution in [0.4, 0.5) is 0 Å². The number of rotatable bonds is 2. The lowest BCUT2D eigenvalue weighted by molar-refractivity contribution is -0.143. The fraction of sp³-hybridized carbons (Fsp3) is 0.222. The Hall–Kier alpha value is -1.07. The molecular formula is C9H10BrNO3. The number of aliphatic carboxylic acids is 1. The van der Waals surface area contributed by atoms with Gasteiger partial charge in [-0.1, -0.05) is 22.0 Å². The van der Waals surface area contributed by atoms with Gasteiger partial charge in [-0.25, -0.2) is 4.79 Å². The highest BCUT2D eigenvalue weighted by Gasteiger charge is 2.32. The fourth-order valence-corrected chi connectivity index (χ4v) is 1.82. The van der Waals surface area contributed by atoms with Crippen molar-refractivity contribution in [3.8, 4) is 5.75 Å². The van der Waals surface area contributed by atoms with Crippen LogP contribution in [-0.2, 0) is 10.3 Å². The van der Waals surface area contributed by atoms with Gasteiger partial charge in [0.25, 0.3) is 0 Å². The minimum Gasteiger partial charge on any atom is -0.508 e. The predicted octanol–water partition coefficient (Wildman–Crippen LogP) is 1.41. The van der Waals surface area contributed by atoms with Crippen LogP contribution in [-0.4, -0.2) is 16.2 Å². The molecule has 1 aromatic carbocycles. The molecule has 1 aromatic rings. The van der Waals surface area contributed by atoms with Crippen LogP contribution in [0.2, 0.25) is 0 Å². The third-order valence-corrected chi connectivity index (χ3v) is 2.61. The van der Waals surface area contributed by atoms with Crippen LogP contribution in [0.5, 0.6) is 5.75 Å². The smallest absolute Gasteiger partial charge is 0.328 e. The molecule has 0 saturated heterocycles. The summed E-state index contributed by atoms with van der Waals surface area (Å²) in [7, 11) is 0. The monoisotopic (exact) mass is 259 g/mol. The first kappa shape index (κ1) is 11.0. The van der Waals surface area contributed by atoms with E-state index < -0.39 is 11.5 Å². The van der Waals surface area contributed by atoms with Crippen molar-refractivity contribution in [2.24, 2.45) is 5.73 Å². The third-order valence-electron chi connectivity index (χ3n) is 1.96. The third kappa shape index (κ3) is 1.88. The molecule has 0 aromatic heterocycles. The van der Waals surface area contributed by atoms with Gasteiger partial charge in [0.15, 0.2) is 0 Å². The van der Waals surface area contributed by atoms with E-state index in [1.54, 1.807) is 0 Å². The zero-order chi connectivity index (χ0) is 10.9. The molecular weight excluding hydrogens is 250 g/mol. The van der Waals surface area contributed by atoms with Crippen LogP contribution in [0.25, 0.3) is 0 Å². The number of carboxylic acid groups (broad SMARTS) is 1. The Labute approximate surface area is 89.5 Å². The average Bonchev–Trinajstić information content (AvgIpc) is 2.02. The van der Waals surface area contributed by atoms with Crippen molar-refractivity contribution in [3.63, 3.8) is 0 Å². The van der Waals surface area contributed by atoms with E-state index in [1.165, 1.54) is 25.1 Å². The Morgan fingerprint density at radius 1 is 1.57 bits per heavy atom. The maximum absolute atomic E-state index is 10.9. The van der Waals surface area contributed by atoms with E-state index in [0.29, 0.717) is 10.0 Å². The highest BCUT2D eigenvalue weighted by molar-refractivity contribution is 9.10. The van der Waals surface area contributed by atoms with Crippen molar-refractivity contribution in [3.05, 3.63) is 28.2 Å². The number of nitrogens with two attached hydrogens (primary N) is 1. The van der Waals surface area contributed by atoms with Crippen molar-refractivity contribution in [1.29, 1.82) is 0 Å². The summed E-state index contributed by atoms with van der Waals surface area (Å²) < 4.78 is 0.477. The highest BCUT2D eigenvalue weighted by Crippen LogP contribution is 2.29. The predicted molar refractivity (Wildman–Crippen MR) is 55.0 cm³/mol.